The molecule has 0 aliphatic carbocycles. The van der Waals surface area contributed by atoms with E-state index in [-0.39, 0.29) is 11.2 Å². The van der Waals surface area contributed by atoms with E-state index in [2.05, 4.69) is 13.8 Å². The molecule has 0 aliphatic heterocycles. The lowest BCUT2D eigenvalue weighted by atomic mass is 9.85. The molecule has 0 unspecified atom stereocenters. The van der Waals surface area contributed by atoms with E-state index in [1.807, 2.05) is 66.7 Å². The Morgan fingerprint density at radius 1 is 0.852 bits per heavy atom. The first kappa shape index (κ1) is 19.1. The van der Waals surface area contributed by atoms with E-state index in [1.54, 1.807) is 6.92 Å². The van der Waals surface area contributed by atoms with Crippen molar-refractivity contribution in [2.45, 2.75) is 32.8 Å². The molecule has 0 aromatic heterocycles. The van der Waals surface area contributed by atoms with Crippen LogP contribution in [-0.2, 0) is 16.8 Å². The topological polar surface area (TPSA) is 18.5 Å². The molecule has 0 saturated heterocycles. The van der Waals surface area contributed by atoms with Crippen LogP contribution in [0.4, 0.5) is 4.39 Å². The molecule has 0 spiro atoms. The van der Waals surface area contributed by atoms with Crippen molar-refractivity contribution in [1.29, 1.82) is 0 Å². The first-order chi connectivity index (χ1) is 12.9. The molecule has 3 heteroatoms. The van der Waals surface area contributed by atoms with Gasteiger partial charge in [-0.15, -0.1) is 0 Å². The first-order valence-electron chi connectivity index (χ1n) is 9.10. The standard InChI is InChI=1S/C24H25FO2/c1-18-14-20(12-13-23(18)25)24(2,3)17-26-16-19-8-7-11-22(15-19)27-21-9-5-4-6-10-21/h4-15H,16-17H2,1-3H3. The van der Waals surface area contributed by atoms with Gasteiger partial charge in [0, 0.05) is 5.41 Å². The van der Waals surface area contributed by atoms with E-state index in [0.717, 1.165) is 22.6 Å². The fraction of sp³-hybridized carbons (Fsp3) is 0.250. The van der Waals surface area contributed by atoms with Crippen LogP contribution in [0, 0.1) is 12.7 Å². The van der Waals surface area contributed by atoms with Crippen molar-refractivity contribution >= 4 is 0 Å². The first-order valence-corrected chi connectivity index (χ1v) is 9.10. The highest BCUT2D eigenvalue weighted by Gasteiger charge is 2.21. The Morgan fingerprint density at radius 2 is 1.59 bits per heavy atom. The molecule has 3 rings (SSSR count). The van der Waals surface area contributed by atoms with Crippen LogP contribution in [-0.4, -0.2) is 6.61 Å². The second-order valence-electron chi connectivity index (χ2n) is 7.40. The summed E-state index contributed by atoms with van der Waals surface area (Å²) in [6, 6.07) is 22.9. The molecule has 0 atom stereocenters. The molecular weight excluding hydrogens is 339 g/mol. The van der Waals surface area contributed by atoms with Crippen LogP contribution in [0.25, 0.3) is 0 Å². The summed E-state index contributed by atoms with van der Waals surface area (Å²) in [5, 5.41) is 0. The number of aryl methyl sites for hydroxylation is 1. The lowest BCUT2D eigenvalue weighted by Crippen LogP contribution is -2.24. The maximum absolute atomic E-state index is 13.5. The number of rotatable bonds is 7. The Bertz CT molecular complexity index is 888. The van der Waals surface area contributed by atoms with Crippen molar-refractivity contribution in [2.24, 2.45) is 0 Å². The summed E-state index contributed by atoms with van der Waals surface area (Å²) < 4.78 is 25.3. The summed E-state index contributed by atoms with van der Waals surface area (Å²) in [4.78, 5) is 0. The molecule has 0 fully saturated rings. The van der Waals surface area contributed by atoms with Crippen LogP contribution in [0.3, 0.4) is 0 Å². The summed E-state index contributed by atoms with van der Waals surface area (Å²) in [5.41, 5.74) is 2.58. The summed E-state index contributed by atoms with van der Waals surface area (Å²) in [5.74, 6) is 1.42. The van der Waals surface area contributed by atoms with Gasteiger partial charge in [-0.1, -0.05) is 56.3 Å². The number of para-hydroxylation sites is 1. The molecule has 0 N–H and O–H groups in total. The highest BCUT2D eigenvalue weighted by atomic mass is 19.1. The SMILES string of the molecule is Cc1cc(C(C)(C)COCc2cccc(Oc3ccccc3)c2)ccc1F. The number of hydrogen-bond acceptors (Lipinski definition) is 2. The van der Waals surface area contributed by atoms with Crippen molar-refractivity contribution in [3.63, 3.8) is 0 Å². The largest absolute Gasteiger partial charge is 0.457 e. The lowest BCUT2D eigenvalue weighted by Gasteiger charge is -2.25. The van der Waals surface area contributed by atoms with Gasteiger partial charge in [-0.3, -0.25) is 0 Å². The normalized spacial score (nSPS) is 11.4. The number of halogens is 1. The summed E-state index contributed by atoms with van der Waals surface area (Å²) in [6.07, 6.45) is 0. The minimum absolute atomic E-state index is 0.175. The van der Waals surface area contributed by atoms with E-state index in [1.165, 1.54) is 6.07 Å². The molecule has 2 nitrogen and oxygen atoms in total. The third-order valence-electron chi connectivity index (χ3n) is 4.55. The summed E-state index contributed by atoms with van der Waals surface area (Å²) in [7, 11) is 0. The molecule has 0 amide bonds. The van der Waals surface area contributed by atoms with Gasteiger partial charge in [0.15, 0.2) is 0 Å². The van der Waals surface area contributed by atoms with E-state index in [4.69, 9.17) is 9.47 Å². The van der Waals surface area contributed by atoms with Gasteiger partial charge in [-0.2, -0.15) is 0 Å². The fourth-order valence-corrected chi connectivity index (χ4v) is 2.90. The molecular formula is C24H25FO2. The Morgan fingerprint density at radius 3 is 2.33 bits per heavy atom. The van der Waals surface area contributed by atoms with Gasteiger partial charge >= 0.3 is 0 Å². The average molecular weight is 364 g/mol. The zero-order valence-electron chi connectivity index (χ0n) is 16.0. The van der Waals surface area contributed by atoms with E-state index in [0.29, 0.717) is 18.8 Å². The van der Waals surface area contributed by atoms with Crippen LogP contribution < -0.4 is 4.74 Å². The molecule has 27 heavy (non-hydrogen) atoms. The zero-order valence-corrected chi connectivity index (χ0v) is 16.0. The average Bonchev–Trinajstić information content (AvgIpc) is 2.65. The van der Waals surface area contributed by atoms with Crippen LogP contribution in [0.2, 0.25) is 0 Å². The predicted octanol–water partition coefficient (Wildman–Crippen LogP) is 6.42. The molecule has 0 radical (unpaired) electrons. The highest BCUT2D eigenvalue weighted by Crippen LogP contribution is 2.26. The summed E-state index contributed by atoms with van der Waals surface area (Å²) in [6.45, 7) is 7.04. The van der Waals surface area contributed by atoms with Gasteiger partial charge in [0.1, 0.15) is 17.3 Å². The fourth-order valence-electron chi connectivity index (χ4n) is 2.90. The number of benzene rings is 3. The Labute approximate surface area is 160 Å². The molecule has 3 aromatic rings. The van der Waals surface area contributed by atoms with Crippen LogP contribution >= 0.6 is 0 Å². The van der Waals surface area contributed by atoms with Gasteiger partial charge < -0.3 is 9.47 Å². The van der Waals surface area contributed by atoms with Crippen LogP contribution in [0.5, 0.6) is 11.5 Å². The highest BCUT2D eigenvalue weighted by molar-refractivity contribution is 5.34. The maximum atomic E-state index is 13.5. The van der Waals surface area contributed by atoms with Gasteiger partial charge in [-0.05, 0) is 53.9 Å². The quantitative estimate of drug-likeness (QED) is 0.481. The Hall–Kier alpha value is -2.65. The van der Waals surface area contributed by atoms with Gasteiger partial charge in [0.25, 0.3) is 0 Å². The molecule has 0 saturated carbocycles. The monoisotopic (exact) mass is 364 g/mol. The van der Waals surface area contributed by atoms with Crippen molar-refractivity contribution < 1.29 is 13.9 Å². The second kappa shape index (κ2) is 8.36. The van der Waals surface area contributed by atoms with E-state index in [9.17, 15) is 4.39 Å². The molecule has 0 heterocycles. The van der Waals surface area contributed by atoms with E-state index >= 15 is 0 Å². The van der Waals surface area contributed by atoms with E-state index < -0.39 is 0 Å². The molecule has 3 aromatic carbocycles. The smallest absolute Gasteiger partial charge is 0.127 e. The van der Waals surface area contributed by atoms with Gasteiger partial charge in [-0.25, -0.2) is 4.39 Å². The molecule has 0 aliphatic rings. The van der Waals surface area contributed by atoms with Crippen molar-refractivity contribution in [1.82, 2.24) is 0 Å². The zero-order chi connectivity index (χ0) is 19.3. The number of hydrogen-bond donors (Lipinski definition) is 0. The minimum atomic E-state index is -0.198. The lowest BCUT2D eigenvalue weighted by molar-refractivity contribution is 0.0823. The van der Waals surface area contributed by atoms with Gasteiger partial charge in [0.05, 0.1) is 13.2 Å². The third kappa shape index (κ3) is 5.18. The van der Waals surface area contributed by atoms with Crippen LogP contribution in [0.15, 0.2) is 72.8 Å². The predicted molar refractivity (Wildman–Crippen MR) is 107 cm³/mol. The number of ether oxygens (including phenoxy) is 2. The Kier molecular flexibility index (Phi) is 5.92. The second-order valence-corrected chi connectivity index (χ2v) is 7.40. The minimum Gasteiger partial charge on any atom is -0.457 e. The summed E-state index contributed by atoms with van der Waals surface area (Å²) >= 11 is 0. The molecule has 140 valence electrons. The van der Waals surface area contributed by atoms with Crippen molar-refractivity contribution in [3.8, 4) is 11.5 Å². The maximum Gasteiger partial charge on any atom is 0.127 e. The van der Waals surface area contributed by atoms with Crippen LogP contribution in [0.1, 0.15) is 30.5 Å². The Balaban J connectivity index is 1.59. The molecule has 0 bridgehead atoms. The van der Waals surface area contributed by atoms with Crippen molar-refractivity contribution in [3.05, 3.63) is 95.3 Å². The van der Waals surface area contributed by atoms with Gasteiger partial charge in [0.2, 0.25) is 0 Å². The van der Waals surface area contributed by atoms with Crippen molar-refractivity contribution in [2.75, 3.05) is 6.61 Å². The third-order valence-corrected chi connectivity index (χ3v) is 4.55.